The average Bonchev–Trinajstić information content (AvgIpc) is 1.60. The van der Waals surface area contributed by atoms with Crippen molar-refractivity contribution >= 4 is 7.68 Å². The first-order valence-corrected chi connectivity index (χ1v) is 4.63. The third kappa shape index (κ3) is 3.99. The Hall–Kier alpha value is 0.0800. The fourth-order valence-corrected chi connectivity index (χ4v) is 0.863. The summed E-state index contributed by atoms with van der Waals surface area (Å²) in [6.45, 7) is 4.58. The SMILES string of the molecule is CC(C)OC(C)P(=O)(O)F. The Morgan fingerprint density at radius 1 is 1.50 bits per heavy atom. The number of rotatable bonds is 3. The smallest absolute Gasteiger partial charge is 0.363 e. The predicted molar refractivity (Wildman–Crippen MR) is 36.6 cm³/mol. The van der Waals surface area contributed by atoms with Crippen molar-refractivity contribution < 1.29 is 18.4 Å². The highest BCUT2D eigenvalue weighted by molar-refractivity contribution is 7.52. The molecular weight excluding hydrogens is 158 g/mol. The van der Waals surface area contributed by atoms with Gasteiger partial charge in [-0.1, -0.05) is 0 Å². The largest absolute Gasteiger partial charge is 0.392 e. The van der Waals surface area contributed by atoms with Crippen molar-refractivity contribution in [2.75, 3.05) is 0 Å². The molecule has 0 rings (SSSR count). The zero-order chi connectivity index (χ0) is 8.36. The van der Waals surface area contributed by atoms with Crippen LogP contribution in [0.4, 0.5) is 4.20 Å². The van der Waals surface area contributed by atoms with E-state index in [1.165, 1.54) is 6.92 Å². The van der Waals surface area contributed by atoms with Crippen LogP contribution in [0.3, 0.4) is 0 Å². The Labute approximate surface area is 59.8 Å². The van der Waals surface area contributed by atoms with Gasteiger partial charge in [0.15, 0.2) is 5.85 Å². The van der Waals surface area contributed by atoms with Crippen LogP contribution in [0.15, 0.2) is 0 Å². The van der Waals surface area contributed by atoms with Crippen LogP contribution in [0.1, 0.15) is 20.8 Å². The van der Waals surface area contributed by atoms with Gasteiger partial charge in [-0.3, -0.25) is 4.57 Å². The second-order valence-corrected chi connectivity index (χ2v) is 4.15. The second kappa shape index (κ2) is 3.46. The van der Waals surface area contributed by atoms with Gasteiger partial charge in [0.1, 0.15) is 0 Å². The second-order valence-electron chi connectivity index (χ2n) is 2.33. The van der Waals surface area contributed by atoms with Crippen molar-refractivity contribution in [2.24, 2.45) is 0 Å². The van der Waals surface area contributed by atoms with Crippen molar-refractivity contribution in [3.05, 3.63) is 0 Å². The maximum absolute atomic E-state index is 12.1. The van der Waals surface area contributed by atoms with Crippen LogP contribution >= 0.6 is 7.68 Å². The minimum absolute atomic E-state index is 0.230. The molecule has 0 fully saturated rings. The van der Waals surface area contributed by atoms with Crippen LogP contribution in [0.2, 0.25) is 0 Å². The fourth-order valence-electron chi connectivity index (χ4n) is 0.469. The summed E-state index contributed by atoms with van der Waals surface area (Å²) >= 11 is 0. The highest BCUT2D eigenvalue weighted by Crippen LogP contribution is 2.48. The molecule has 5 heteroatoms. The maximum Gasteiger partial charge on any atom is 0.392 e. The quantitative estimate of drug-likeness (QED) is 0.658. The van der Waals surface area contributed by atoms with E-state index in [1.54, 1.807) is 13.8 Å². The molecule has 0 aliphatic heterocycles. The molecule has 0 aliphatic carbocycles. The molecule has 1 N–H and O–H groups in total. The summed E-state index contributed by atoms with van der Waals surface area (Å²) in [6.07, 6.45) is -0.230. The molecule has 0 aromatic carbocycles. The fraction of sp³-hybridized carbons (Fsp3) is 1.00. The summed E-state index contributed by atoms with van der Waals surface area (Å²) in [5.74, 6) is -1.22. The minimum atomic E-state index is -4.53. The predicted octanol–water partition coefficient (Wildman–Crippen LogP) is 1.91. The van der Waals surface area contributed by atoms with Crippen LogP contribution in [-0.2, 0) is 9.30 Å². The van der Waals surface area contributed by atoms with E-state index in [9.17, 15) is 8.76 Å². The molecule has 0 radical (unpaired) electrons. The Kier molecular flexibility index (Phi) is 3.49. The molecule has 0 aliphatic rings. The van der Waals surface area contributed by atoms with Gasteiger partial charge in [0.2, 0.25) is 0 Å². The minimum Gasteiger partial charge on any atom is -0.363 e. The normalized spacial score (nSPS) is 20.6. The molecule has 3 nitrogen and oxygen atoms in total. The zero-order valence-corrected chi connectivity index (χ0v) is 7.14. The van der Waals surface area contributed by atoms with E-state index in [1.807, 2.05) is 0 Å². The van der Waals surface area contributed by atoms with E-state index >= 15 is 0 Å². The molecular formula is C5H12FO3P. The first-order chi connectivity index (χ1) is 4.34. The van der Waals surface area contributed by atoms with E-state index in [0.29, 0.717) is 0 Å². The molecule has 0 heterocycles. The summed E-state index contributed by atoms with van der Waals surface area (Å²) < 4.78 is 27.1. The Balaban J connectivity index is 3.86. The third-order valence-corrected chi connectivity index (χ3v) is 1.94. The molecule has 62 valence electrons. The first kappa shape index (κ1) is 10.1. The number of ether oxygens (including phenoxy) is 1. The number of hydrogen-bond acceptors (Lipinski definition) is 2. The highest BCUT2D eigenvalue weighted by atomic mass is 31.2. The van der Waals surface area contributed by atoms with Gasteiger partial charge in [-0.25, -0.2) is 0 Å². The van der Waals surface area contributed by atoms with E-state index in [-0.39, 0.29) is 6.10 Å². The van der Waals surface area contributed by atoms with Crippen LogP contribution in [0, 0.1) is 0 Å². The van der Waals surface area contributed by atoms with Crippen molar-refractivity contribution in [1.29, 1.82) is 0 Å². The van der Waals surface area contributed by atoms with Gasteiger partial charge in [0.05, 0.1) is 6.10 Å². The standard InChI is InChI=1S/C5H12FO3P/c1-4(2)9-5(3)10(6,7)8/h4-5H,1-3H3,(H,7,8). The van der Waals surface area contributed by atoms with E-state index in [2.05, 4.69) is 0 Å². The van der Waals surface area contributed by atoms with Crippen LogP contribution in [-0.4, -0.2) is 16.8 Å². The Morgan fingerprint density at radius 2 is 1.90 bits per heavy atom. The maximum atomic E-state index is 12.1. The van der Waals surface area contributed by atoms with Gasteiger partial charge in [-0.15, -0.1) is 0 Å². The van der Waals surface area contributed by atoms with Crippen molar-refractivity contribution in [1.82, 2.24) is 0 Å². The molecule has 0 spiro atoms. The van der Waals surface area contributed by atoms with Crippen molar-refractivity contribution in [3.63, 3.8) is 0 Å². The molecule has 0 saturated carbocycles. The first-order valence-electron chi connectivity index (χ1n) is 3.01. The number of hydrogen-bond donors (Lipinski definition) is 1. The summed E-state index contributed by atoms with van der Waals surface area (Å²) in [6, 6.07) is 0. The molecule has 0 aromatic heterocycles. The molecule has 10 heavy (non-hydrogen) atoms. The molecule has 2 unspecified atom stereocenters. The Bertz CT molecular complexity index is 142. The van der Waals surface area contributed by atoms with Gasteiger partial charge in [-0.2, -0.15) is 4.20 Å². The summed E-state index contributed by atoms with van der Waals surface area (Å²) in [4.78, 5) is 8.30. The summed E-state index contributed by atoms with van der Waals surface area (Å²) in [5.41, 5.74) is 0. The van der Waals surface area contributed by atoms with Crippen molar-refractivity contribution in [3.8, 4) is 0 Å². The lowest BCUT2D eigenvalue weighted by Gasteiger charge is -2.14. The van der Waals surface area contributed by atoms with E-state index < -0.39 is 13.5 Å². The van der Waals surface area contributed by atoms with Crippen molar-refractivity contribution in [2.45, 2.75) is 32.7 Å². The van der Waals surface area contributed by atoms with Gasteiger partial charge in [0, 0.05) is 0 Å². The average molecular weight is 170 g/mol. The zero-order valence-electron chi connectivity index (χ0n) is 6.24. The molecule has 2 atom stereocenters. The summed E-state index contributed by atoms with van der Waals surface area (Å²) in [5, 5.41) is 0. The Morgan fingerprint density at radius 3 is 2.00 bits per heavy atom. The molecule has 0 bridgehead atoms. The molecule has 0 amide bonds. The number of halogens is 1. The molecule has 0 saturated heterocycles. The summed E-state index contributed by atoms with van der Waals surface area (Å²) in [7, 11) is -4.53. The molecule has 0 aromatic rings. The van der Waals surface area contributed by atoms with Gasteiger partial charge >= 0.3 is 7.68 Å². The van der Waals surface area contributed by atoms with E-state index in [4.69, 9.17) is 9.63 Å². The van der Waals surface area contributed by atoms with Crippen LogP contribution in [0.25, 0.3) is 0 Å². The highest BCUT2D eigenvalue weighted by Gasteiger charge is 2.27. The lowest BCUT2D eigenvalue weighted by atomic mass is 10.5. The van der Waals surface area contributed by atoms with Crippen LogP contribution < -0.4 is 0 Å². The lowest BCUT2D eigenvalue weighted by molar-refractivity contribution is 0.0521. The van der Waals surface area contributed by atoms with Gasteiger partial charge in [-0.05, 0) is 20.8 Å². The van der Waals surface area contributed by atoms with Gasteiger partial charge in [0.25, 0.3) is 0 Å². The van der Waals surface area contributed by atoms with E-state index in [0.717, 1.165) is 0 Å². The van der Waals surface area contributed by atoms with Crippen LogP contribution in [0.5, 0.6) is 0 Å². The topological polar surface area (TPSA) is 46.5 Å². The third-order valence-electron chi connectivity index (χ3n) is 0.918. The monoisotopic (exact) mass is 170 g/mol. The van der Waals surface area contributed by atoms with Gasteiger partial charge < -0.3 is 9.63 Å². The lowest BCUT2D eigenvalue weighted by Crippen LogP contribution is -2.12.